The van der Waals surface area contributed by atoms with Crippen molar-refractivity contribution in [3.05, 3.63) is 158 Å². The minimum atomic E-state index is 0.721. The molecule has 0 saturated heterocycles. The van der Waals surface area contributed by atoms with Crippen LogP contribution in [0, 0.1) is 83.1 Å². The Hall–Kier alpha value is -5.67. The van der Waals surface area contributed by atoms with Crippen LogP contribution in [0.1, 0.15) is 66.8 Å². The summed E-state index contributed by atoms with van der Waals surface area (Å²) in [6.45, 7) is 26.8. The highest BCUT2D eigenvalue weighted by Crippen LogP contribution is 2.43. The van der Waals surface area contributed by atoms with Gasteiger partial charge in [0.25, 0.3) is 0 Å². The van der Waals surface area contributed by atoms with E-state index >= 15 is 0 Å². The third-order valence-corrected chi connectivity index (χ3v) is 12.4. The van der Waals surface area contributed by atoms with Crippen molar-refractivity contribution in [3.63, 3.8) is 0 Å². The monoisotopic (exact) mass is 705 g/mol. The average molecular weight is 706 g/mol. The lowest BCUT2D eigenvalue weighted by Gasteiger charge is -2.24. The lowest BCUT2D eigenvalue weighted by molar-refractivity contribution is 1.04. The van der Waals surface area contributed by atoms with Crippen molar-refractivity contribution in [2.75, 3.05) is 0 Å². The molecule has 0 atom stereocenters. The molecule has 7 aromatic rings. The standard InChI is InChI=1S/C51H51N3/c1-28-34(7)46(35(8)29(2)43(28)40-22-16-13-17-23-40)49-52-50(47-36(9)30(3)44(31(4)37(47)10)41-24-18-14-19-25-41)54-51(53-49)48-38(11)32(5)45(33(6)39(48)12)42-26-20-15-21-27-42/h13-27H,1-12H3. The largest absolute Gasteiger partial charge is 0.208 e. The van der Waals surface area contributed by atoms with Crippen molar-refractivity contribution in [1.82, 2.24) is 15.0 Å². The number of aromatic nitrogens is 3. The molecular formula is C51H51N3. The molecule has 0 amide bonds. The molecule has 54 heavy (non-hydrogen) atoms. The van der Waals surface area contributed by atoms with Gasteiger partial charge in [0, 0.05) is 16.7 Å². The minimum Gasteiger partial charge on any atom is -0.208 e. The molecule has 0 fully saturated rings. The van der Waals surface area contributed by atoms with Gasteiger partial charge in [-0.1, -0.05) is 91.0 Å². The Balaban J connectivity index is 1.56. The van der Waals surface area contributed by atoms with Crippen LogP contribution in [-0.2, 0) is 0 Å². The van der Waals surface area contributed by atoms with E-state index in [-0.39, 0.29) is 0 Å². The summed E-state index contributed by atoms with van der Waals surface area (Å²) in [5.41, 5.74) is 25.5. The summed E-state index contributed by atoms with van der Waals surface area (Å²) >= 11 is 0. The van der Waals surface area contributed by atoms with Gasteiger partial charge in [-0.05, 0) is 183 Å². The summed E-state index contributed by atoms with van der Waals surface area (Å²) in [4.78, 5) is 16.4. The number of nitrogens with zero attached hydrogens (tertiary/aromatic N) is 3. The van der Waals surface area contributed by atoms with Crippen LogP contribution in [-0.4, -0.2) is 15.0 Å². The van der Waals surface area contributed by atoms with Crippen molar-refractivity contribution in [2.45, 2.75) is 83.1 Å². The summed E-state index contributed by atoms with van der Waals surface area (Å²) in [7, 11) is 0. The molecule has 1 aromatic heterocycles. The molecule has 0 saturated carbocycles. The van der Waals surface area contributed by atoms with E-state index in [4.69, 9.17) is 15.0 Å². The minimum absolute atomic E-state index is 0.721. The van der Waals surface area contributed by atoms with Crippen LogP contribution < -0.4 is 0 Å². The number of rotatable bonds is 6. The molecule has 0 spiro atoms. The van der Waals surface area contributed by atoms with E-state index in [1.54, 1.807) is 0 Å². The lowest BCUT2D eigenvalue weighted by atomic mass is 9.84. The van der Waals surface area contributed by atoms with Crippen LogP contribution in [0.25, 0.3) is 67.5 Å². The Kier molecular flexibility index (Phi) is 9.70. The van der Waals surface area contributed by atoms with Gasteiger partial charge in [0.15, 0.2) is 17.5 Å². The molecule has 7 rings (SSSR count). The quantitative estimate of drug-likeness (QED) is 0.173. The van der Waals surface area contributed by atoms with Gasteiger partial charge >= 0.3 is 0 Å². The van der Waals surface area contributed by atoms with Gasteiger partial charge in [-0.25, -0.2) is 15.0 Å². The molecule has 0 radical (unpaired) electrons. The van der Waals surface area contributed by atoms with E-state index in [2.05, 4.69) is 174 Å². The summed E-state index contributed by atoms with van der Waals surface area (Å²) in [6, 6.07) is 32.2. The molecule has 3 nitrogen and oxygen atoms in total. The average Bonchev–Trinajstić information content (AvgIpc) is 3.17. The summed E-state index contributed by atoms with van der Waals surface area (Å²) in [5.74, 6) is 2.16. The molecule has 0 aliphatic heterocycles. The molecule has 1 heterocycles. The molecule has 0 aliphatic carbocycles. The molecule has 0 aliphatic rings. The molecular weight excluding hydrogens is 655 g/mol. The van der Waals surface area contributed by atoms with E-state index in [0.29, 0.717) is 0 Å². The predicted molar refractivity (Wildman–Crippen MR) is 229 cm³/mol. The maximum Gasteiger partial charge on any atom is 0.164 e. The van der Waals surface area contributed by atoms with Crippen molar-refractivity contribution >= 4 is 0 Å². The van der Waals surface area contributed by atoms with Gasteiger partial charge in [-0.15, -0.1) is 0 Å². The molecule has 0 unspecified atom stereocenters. The second kappa shape index (κ2) is 14.3. The summed E-state index contributed by atoms with van der Waals surface area (Å²) in [6.07, 6.45) is 0. The smallest absolute Gasteiger partial charge is 0.164 e. The van der Waals surface area contributed by atoms with E-state index in [0.717, 1.165) is 34.2 Å². The third kappa shape index (κ3) is 5.97. The van der Waals surface area contributed by atoms with E-state index in [9.17, 15) is 0 Å². The zero-order valence-electron chi connectivity index (χ0n) is 34.0. The van der Waals surface area contributed by atoms with Gasteiger partial charge in [0.2, 0.25) is 0 Å². The fourth-order valence-electron chi connectivity index (χ4n) is 8.77. The van der Waals surface area contributed by atoms with Gasteiger partial charge in [0.05, 0.1) is 0 Å². The molecule has 270 valence electrons. The number of benzene rings is 6. The van der Waals surface area contributed by atoms with E-state index in [1.165, 1.54) is 100 Å². The summed E-state index contributed by atoms with van der Waals surface area (Å²) < 4.78 is 0. The molecule has 0 bridgehead atoms. The first-order valence-electron chi connectivity index (χ1n) is 19.1. The number of hydrogen-bond acceptors (Lipinski definition) is 3. The van der Waals surface area contributed by atoms with Gasteiger partial charge in [0.1, 0.15) is 0 Å². The van der Waals surface area contributed by atoms with E-state index in [1.807, 2.05) is 0 Å². The maximum absolute atomic E-state index is 5.46. The van der Waals surface area contributed by atoms with Crippen molar-refractivity contribution < 1.29 is 0 Å². The lowest BCUT2D eigenvalue weighted by Crippen LogP contribution is -2.09. The van der Waals surface area contributed by atoms with Crippen LogP contribution in [0.3, 0.4) is 0 Å². The molecule has 3 heteroatoms. The van der Waals surface area contributed by atoms with Gasteiger partial charge in [-0.3, -0.25) is 0 Å². The Morgan fingerprint density at radius 3 is 0.574 bits per heavy atom. The fourth-order valence-corrected chi connectivity index (χ4v) is 8.77. The van der Waals surface area contributed by atoms with Crippen molar-refractivity contribution in [3.8, 4) is 67.5 Å². The normalized spacial score (nSPS) is 11.3. The number of hydrogen-bond donors (Lipinski definition) is 0. The van der Waals surface area contributed by atoms with Crippen LogP contribution in [0.2, 0.25) is 0 Å². The highest BCUT2D eigenvalue weighted by Gasteiger charge is 2.26. The second-order valence-electron chi connectivity index (χ2n) is 15.2. The van der Waals surface area contributed by atoms with Crippen LogP contribution in [0.5, 0.6) is 0 Å². The molecule has 0 N–H and O–H groups in total. The first kappa shape index (κ1) is 36.7. The second-order valence-corrected chi connectivity index (χ2v) is 15.2. The molecule has 6 aromatic carbocycles. The first-order chi connectivity index (χ1) is 25.8. The zero-order chi connectivity index (χ0) is 38.6. The van der Waals surface area contributed by atoms with Crippen molar-refractivity contribution in [1.29, 1.82) is 0 Å². The van der Waals surface area contributed by atoms with Gasteiger partial charge in [-0.2, -0.15) is 0 Å². The first-order valence-corrected chi connectivity index (χ1v) is 19.1. The van der Waals surface area contributed by atoms with Crippen LogP contribution in [0.15, 0.2) is 91.0 Å². The predicted octanol–water partition coefficient (Wildman–Crippen LogP) is 13.6. The van der Waals surface area contributed by atoms with Crippen molar-refractivity contribution in [2.24, 2.45) is 0 Å². The summed E-state index contributed by atoms with van der Waals surface area (Å²) in [5, 5.41) is 0. The highest BCUT2D eigenvalue weighted by molar-refractivity contribution is 5.86. The Morgan fingerprint density at radius 2 is 0.389 bits per heavy atom. The van der Waals surface area contributed by atoms with Gasteiger partial charge < -0.3 is 0 Å². The van der Waals surface area contributed by atoms with Crippen LogP contribution >= 0.6 is 0 Å². The Morgan fingerprint density at radius 1 is 0.222 bits per heavy atom. The maximum atomic E-state index is 5.46. The topological polar surface area (TPSA) is 38.7 Å². The Labute approximate surface area is 322 Å². The zero-order valence-corrected chi connectivity index (χ0v) is 34.0. The Bertz CT molecular complexity index is 2190. The highest BCUT2D eigenvalue weighted by atomic mass is 15.0. The third-order valence-electron chi connectivity index (χ3n) is 12.4. The van der Waals surface area contributed by atoms with Crippen LogP contribution in [0.4, 0.5) is 0 Å². The van der Waals surface area contributed by atoms with E-state index < -0.39 is 0 Å². The SMILES string of the molecule is Cc1c(C)c(-c2nc(-c3c(C)c(C)c(-c4ccccc4)c(C)c3C)nc(-c3c(C)c(C)c(-c4ccccc4)c(C)c3C)n2)c(C)c(C)c1-c1ccccc1. The fraction of sp³-hybridized carbons (Fsp3) is 0.235.